The maximum Gasteiger partial charge on any atom is 0.153 e. The summed E-state index contributed by atoms with van der Waals surface area (Å²) in [5.74, 6) is 1.47. The quantitative estimate of drug-likeness (QED) is 0.606. The minimum absolute atomic E-state index is 0.565. The maximum absolute atomic E-state index is 10.9. The number of carbonyl (C=O) groups excluding carboxylic acids is 1. The molecule has 1 rings (SSSR count). The zero-order chi connectivity index (χ0) is 11.8. The van der Waals surface area contributed by atoms with Crippen LogP contribution in [-0.2, 0) is 0 Å². The second-order valence-electron chi connectivity index (χ2n) is 3.26. The highest BCUT2D eigenvalue weighted by Crippen LogP contribution is 2.19. The third-order valence-electron chi connectivity index (χ3n) is 2.07. The summed E-state index contributed by atoms with van der Waals surface area (Å²) in [4.78, 5) is 10.9. The van der Waals surface area contributed by atoms with E-state index in [1.807, 2.05) is 37.3 Å². The van der Waals surface area contributed by atoms with Crippen molar-refractivity contribution in [2.75, 3.05) is 12.4 Å². The first kappa shape index (κ1) is 12.8. The number of benzene rings is 1. The second-order valence-corrected chi connectivity index (χ2v) is 3.71. The van der Waals surface area contributed by atoms with Crippen LogP contribution in [0.5, 0.6) is 5.75 Å². The summed E-state index contributed by atoms with van der Waals surface area (Å²) >= 11 is 4.12. The molecule has 0 unspecified atom stereocenters. The van der Waals surface area contributed by atoms with Crippen LogP contribution in [0.15, 0.2) is 24.3 Å². The first-order valence-corrected chi connectivity index (χ1v) is 5.94. The normalized spacial score (nSPS) is 10.6. The van der Waals surface area contributed by atoms with E-state index < -0.39 is 0 Å². The van der Waals surface area contributed by atoms with Crippen molar-refractivity contribution in [2.24, 2.45) is 0 Å². The Morgan fingerprint density at radius 1 is 1.44 bits per heavy atom. The van der Waals surface area contributed by atoms with Crippen molar-refractivity contribution in [3.05, 3.63) is 35.4 Å². The van der Waals surface area contributed by atoms with Crippen molar-refractivity contribution in [2.45, 2.75) is 13.3 Å². The molecule has 0 heterocycles. The van der Waals surface area contributed by atoms with Gasteiger partial charge in [0.25, 0.3) is 0 Å². The molecule has 0 bridgehead atoms. The lowest BCUT2D eigenvalue weighted by atomic mass is 10.1. The van der Waals surface area contributed by atoms with Crippen LogP contribution >= 0.6 is 12.6 Å². The molecule has 0 amide bonds. The number of carbonyl (C=O) groups is 1. The zero-order valence-corrected chi connectivity index (χ0v) is 10.2. The fourth-order valence-electron chi connectivity index (χ4n) is 1.34. The Morgan fingerprint density at radius 2 is 2.25 bits per heavy atom. The topological polar surface area (TPSA) is 26.3 Å². The first-order valence-electron chi connectivity index (χ1n) is 5.31. The summed E-state index contributed by atoms with van der Waals surface area (Å²) in [5.41, 5.74) is 1.60. The highest BCUT2D eigenvalue weighted by Gasteiger charge is 2.02. The van der Waals surface area contributed by atoms with Crippen molar-refractivity contribution >= 4 is 25.0 Å². The molecule has 86 valence electrons. The highest BCUT2D eigenvalue weighted by atomic mass is 32.1. The van der Waals surface area contributed by atoms with Gasteiger partial charge in [0.05, 0.1) is 12.2 Å². The molecular weight excluding hydrogens is 220 g/mol. The molecule has 0 saturated heterocycles. The minimum Gasteiger partial charge on any atom is -0.493 e. The van der Waals surface area contributed by atoms with Crippen LogP contribution in [0.25, 0.3) is 6.08 Å². The predicted octanol–water partition coefficient (Wildman–Crippen LogP) is 3.23. The fourth-order valence-corrected chi connectivity index (χ4v) is 1.49. The summed E-state index contributed by atoms with van der Waals surface area (Å²) in [5, 5.41) is 0. The van der Waals surface area contributed by atoms with E-state index in [0.717, 1.165) is 24.0 Å². The molecule has 3 heteroatoms. The number of aldehydes is 1. The van der Waals surface area contributed by atoms with Crippen molar-refractivity contribution < 1.29 is 9.53 Å². The molecule has 0 spiro atoms. The summed E-state index contributed by atoms with van der Waals surface area (Å²) in [7, 11) is 0. The SMILES string of the molecule is CCOc1ccc(C=CCCS)cc1C=O. The summed E-state index contributed by atoms with van der Waals surface area (Å²) < 4.78 is 5.34. The Morgan fingerprint density at radius 3 is 2.88 bits per heavy atom. The number of hydrogen-bond donors (Lipinski definition) is 1. The van der Waals surface area contributed by atoms with Crippen LogP contribution in [0.1, 0.15) is 29.3 Å². The molecule has 0 aliphatic heterocycles. The van der Waals surface area contributed by atoms with Crippen LogP contribution in [0.3, 0.4) is 0 Å². The van der Waals surface area contributed by atoms with Crippen LogP contribution < -0.4 is 4.74 Å². The van der Waals surface area contributed by atoms with Gasteiger partial charge in [0.2, 0.25) is 0 Å². The number of ether oxygens (including phenoxy) is 1. The van der Waals surface area contributed by atoms with Gasteiger partial charge in [-0.1, -0.05) is 18.2 Å². The zero-order valence-electron chi connectivity index (χ0n) is 9.35. The molecule has 0 fully saturated rings. The van der Waals surface area contributed by atoms with Crippen LogP contribution in [0, 0.1) is 0 Å². The number of allylic oxidation sites excluding steroid dienone is 1. The average Bonchev–Trinajstić information content (AvgIpc) is 2.31. The number of thiol groups is 1. The molecule has 0 aromatic heterocycles. The molecule has 16 heavy (non-hydrogen) atoms. The second kappa shape index (κ2) is 7.12. The van der Waals surface area contributed by atoms with E-state index in [4.69, 9.17) is 4.74 Å². The molecule has 0 atom stereocenters. The molecule has 0 radical (unpaired) electrons. The Labute approximate surface area is 102 Å². The number of hydrogen-bond acceptors (Lipinski definition) is 3. The number of rotatable bonds is 6. The van der Waals surface area contributed by atoms with Gasteiger partial charge in [-0.05, 0) is 36.8 Å². The van der Waals surface area contributed by atoms with Gasteiger partial charge in [0.15, 0.2) is 6.29 Å². The monoisotopic (exact) mass is 236 g/mol. The van der Waals surface area contributed by atoms with Gasteiger partial charge >= 0.3 is 0 Å². The fraction of sp³-hybridized carbons (Fsp3) is 0.308. The molecule has 0 aliphatic carbocycles. The van der Waals surface area contributed by atoms with Gasteiger partial charge in [-0.2, -0.15) is 12.6 Å². The molecule has 1 aromatic carbocycles. The predicted molar refractivity (Wildman–Crippen MR) is 70.5 cm³/mol. The summed E-state index contributed by atoms with van der Waals surface area (Å²) in [6, 6.07) is 5.59. The van der Waals surface area contributed by atoms with Gasteiger partial charge in [0, 0.05) is 0 Å². The lowest BCUT2D eigenvalue weighted by Crippen LogP contribution is -1.96. The van der Waals surface area contributed by atoms with Crippen LogP contribution in [0.2, 0.25) is 0 Å². The van der Waals surface area contributed by atoms with E-state index >= 15 is 0 Å². The highest BCUT2D eigenvalue weighted by molar-refractivity contribution is 7.80. The van der Waals surface area contributed by atoms with Crippen LogP contribution in [0.4, 0.5) is 0 Å². The smallest absolute Gasteiger partial charge is 0.153 e. The lowest BCUT2D eigenvalue weighted by molar-refractivity contribution is 0.112. The van der Waals surface area contributed by atoms with Gasteiger partial charge in [0.1, 0.15) is 5.75 Å². The van der Waals surface area contributed by atoms with Gasteiger partial charge in [-0.3, -0.25) is 4.79 Å². The van der Waals surface area contributed by atoms with Crippen molar-refractivity contribution in [1.29, 1.82) is 0 Å². The Bertz CT molecular complexity index is 372. The van der Waals surface area contributed by atoms with Gasteiger partial charge in [-0.15, -0.1) is 0 Å². The van der Waals surface area contributed by atoms with E-state index in [-0.39, 0.29) is 0 Å². The van der Waals surface area contributed by atoms with Crippen molar-refractivity contribution in [3.8, 4) is 5.75 Å². The first-order chi connectivity index (χ1) is 7.81. The van der Waals surface area contributed by atoms with Gasteiger partial charge in [-0.25, -0.2) is 0 Å². The Hall–Kier alpha value is -1.22. The molecule has 2 nitrogen and oxygen atoms in total. The molecular formula is C13H16O2S. The average molecular weight is 236 g/mol. The summed E-state index contributed by atoms with van der Waals surface area (Å²) in [6.07, 6.45) is 5.77. The van der Waals surface area contributed by atoms with Crippen LogP contribution in [-0.4, -0.2) is 18.6 Å². The minimum atomic E-state index is 0.565. The summed E-state index contributed by atoms with van der Waals surface area (Å²) in [6.45, 7) is 2.46. The van der Waals surface area contributed by atoms with E-state index in [9.17, 15) is 4.79 Å². The van der Waals surface area contributed by atoms with E-state index in [2.05, 4.69) is 12.6 Å². The lowest BCUT2D eigenvalue weighted by Gasteiger charge is -2.06. The van der Waals surface area contributed by atoms with Crippen molar-refractivity contribution in [3.63, 3.8) is 0 Å². The third-order valence-corrected chi connectivity index (χ3v) is 2.32. The molecule has 1 aromatic rings. The largest absolute Gasteiger partial charge is 0.493 e. The van der Waals surface area contributed by atoms with E-state index in [1.165, 1.54) is 0 Å². The van der Waals surface area contributed by atoms with Gasteiger partial charge < -0.3 is 4.74 Å². The van der Waals surface area contributed by atoms with E-state index in [0.29, 0.717) is 17.9 Å². The van der Waals surface area contributed by atoms with Crippen molar-refractivity contribution in [1.82, 2.24) is 0 Å². The Kier molecular flexibility index (Phi) is 5.72. The molecule has 0 N–H and O–H groups in total. The molecule has 0 saturated carbocycles. The van der Waals surface area contributed by atoms with E-state index in [1.54, 1.807) is 0 Å². The standard InChI is InChI=1S/C13H16O2S/c1-2-15-13-7-6-11(5-3-4-8-16)9-12(13)10-14/h3,5-7,9-10,16H,2,4,8H2,1H3. The molecule has 0 aliphatic rings. The Balaban J connectivity index is 2.86. The third kappa shape index (κ3) is 3.74. The maximum atomic E-state index is 10.9.